The number of carbonyl (C=O) groups excluding carboxylic acids is 1. The molecule has 0 aliphatic heterocycles. The van der Waals surface area contributed by atoms with Crippen molar-refractivity contribution in [2.45, 2.75) is 37.8 Å². The number of aliphatic hydroxyl groups is 1. The maximum absolute atomic E-state index is 11.5. The molecule has 1 rings (SSSR count). The summed E-state index contributed by atoms with van der Waals surface area (Å²) >= 11 is 1.53. The van der Waals surface area contributed by atoms with Crippen LogP contribution in [0.3, 0.4) is 0 Å². The van der Waals surface area contributed by atoms with E-state index in [0.717, 1.165) is 4.90 Å². The van der Waals surface area contributed by atoms with Crippen LogP contribution in [0.4, 0.5) is 10.5 Å². The highest BCUT2D eigenvalue weighted by Crippen LogP contribution is 2.30. The van der Waals surface area contributed by atoms with E-state index >= 15 is 0 Å². The Hall–Kier alpha value is -1.44. The summed E-state index contributed by atoms with van der Waals surface area (Å²) in [6, 6.07) is 5.53. The van der Waals surface area contributed by atoms with Crippen LogP contribution in [-0.2, 0) is 0 Å². The van der Waals surface area contributed by atoms with Crippen molar-refractivity contribution in [2.75, 3.05) is 31.3 Å². The molecule has 0 heterocycles. The molecule has 130 valence electrons. The predicted molar refractivity (Wildman–Crippen MR) is 95.6 cm³/mol. The lowest BCUT2D eigenvalue weighted by Gasteiger charge is -2.17. The van der Waals surface area contributed by atoms with E-state index in [9.17, 15) is 9.90 Å². The molecule has 0 spiro atoms. The molecule has 0 aliphatic rings. The Balaban J connectivity index is 2.60. The van der Waals surface area contributed by atoms with Crippen LogP contribution in [0.25, 0.3) is 0 Å². The Morgan fingerprint density at radius 2 is 2.13 bits per heavy atom. The van der Waals surface area contributed by atoms with Gasteiger partial charge >= 0.3 is 6.03 Å². The molecular formula is C16H27N3O3S. The first-order chi connectivity index (χ1) is 11.0. The molecule has 1 unspecified atom stereocenters. The fourth-order valence-electron chi connectivity index (χ4n) is 1.82. The lowest BCUT2D eigenvalue weighted by molar-refractivity contribution is 0.103. The average Bonchev–Trinajstić information content (AvgIpc) is 2.51. The van der Waals surface area contributed by atoms with E-state index in [1.54, 1.807) is 12.1 Å². The Morgan fingerprint density at radius 1 is 1.39 bits per heavy atom. The van der Waals surface area contributed by atoms with Crippen LogP contribution < -0.4 is 20.7 Å². The Labute approximate surface area is 142 Å². The molecule has 1 aromatic carbocycles. The molecule has 0 bridgehead atoms. The van der Waals surface area contributed by atoms with Gasteiger partial charge in [-0.3, -0.25) is 0 Å². The standard InChI is InChI=1S/C16H27N3O3S/c1-5-17-16(21)19-12-6-7-14(15(8-12)23-4)22-10-13(20)9-18-11(2)3/h6-8,11,13,18,20H,5,9-10H2,1-4H3,(H2,17,19,21). The number of urea groups is 1. The van der Waals surface area contributed by atoms with Gasteiger partial charge in [0.1, 0.15) is 18.5 Å². The van der Waals surface area contributed by atoms with Crippen LogP contribution in [0.15, 0.2) is 23.1 Å². The van der Waals surface area contributed by atoms with Crippen molar-refractivity contribution in [3.8, 4) is 5.75 Å². The molecule has 0 aliphatic carbocycles. The summed E-state index contributed by atoms with van der Waals surface area (Å²) < 4.78 is 5.69. The quantitative estimate of drug-likeness (QED) is 0.518. The number of carbonyl (C=O) groups is 1. The van der Waals surface area contributed by atoms with Gasteiger partial charge in [-0.2, -0.15) is 0 Å². The third-order valence-electron chi connectivity index (χ3n) is 2.95. The number of nitrogens with one attached hydrogen (secondary N) is 3. The van der Waals surface area contributed by atoms with Gasteiger partial charge in [-0.1, -0.05) is 13.8 Å². The molecule has 1 aromatic rings. The lowest BCUT2D eigenvalue weighted by atomic mass is 10.3. The van der Waals surface area contributed by atoms with Gasteiger partial charge in [-0.25, -0.2) is 4.79 Å². The fourth-order valence-corrected chi connectivity index (χ4v) is 2.39. The second-order valence-corrected chi connectivity index (χ2v) is 6.23. The predicted octanol–water partition coefficient (Wildman–Crippen LogP) is 2.29. The first-order valence-corrected chi connectivity index (χ1v) is 8.95. The molecular weight excluding hydrogens is 314 g/mol. The zero-order valence-corrected chi connectivity index (χ0v) is 15.0. The number of aliphatic hydroxyl groups excluding tert-OH is 1. The van der Waals surface area contributed by atoms with Gasteiger partial charge in [0.25, 0.3) is 0 Å². The molecule has 0 radical (unpaired) electrons. The molecule has 0 aromatic heterocycles. The highest BCUT2D eigenvalue weighted by Gasteiger charge is 2.10. The van der Waals surface area contributed by atoms with Crippen LogP contribution in [0.1, 0.15) is 20.8 Å². The van der Waals surface area contributed by atoms with E-state index in [0.29, 0.717) is 30.6 Å². The van der Waals surface area contributed by atoms with Crippen molar-refractivity contribution in [3.05, 3.63) is 18.2 Å². The number of anilines is 1. The van der Waals surface area contributed by atoms with Crippen molar-refractivity contribution in [3.63, 3.8) is 0 Å². The number of hydrogen-bond donors (Lipinski definition) is 4. The smallest absolute Gasteiger partial charge is 0.319 e. The van der Waals surface area contributed by atoms with Crippen molar-refractivity contribution in [1.29, 1.82) is 0 Å². The SMILES string of the molecule is CCNC(=O)Nc1ccc(OCC(O)CNC(C)C)c(SC)c1. The normalized spacial score (nSPS) is 12.1. The first-order valence-electron chi connectivity index (χ1n) is 7.73. The van der Waals surface area contributed by atoms with Crippen LogP contribution in [0.5, 0.6) is 5.75 Å². The van der Waals surface area contributed by atoms with Gasteiger partial charge in [0.15, 0.2) is 0 Å². The van der Waals surface area contributed by atoms with E-state index in [4.69, 9.17) is 4.74 Å². The minimum Gasteiger partial charge on any atom is -0.490 e. The second kappa shape index (κ2) is 10.4. The number of hydrogen-bond acceptors (Lipinski definition) is 5. The molecule has 7 heteroatoms. The number of rotatable bonds is 9. The average molecular weight is 341 g/mol. The number of thioether (sulfide) groups is 1. The summed E-state index contributed by atoms with van der Waals surface area (Å²) in [6.07, 6.45) is 1.37. The maximum atomic E-state index is 11.5. The summed E-state index contributed by atoms with van der Waals surface area (Å²) in [5.41, 5.74) is 0.703. The molecule has 4 N–H and O–H groups in total. The summed E-state index contributed by atoms with van der Waals surface area (Å²) in [5, 5.41) is 18.5. The third-order valence-corrected chi connectivity index (χ3v) is 3.71. The van der Waals surface area contributed by atoms with Crippen LogP contribution >= 0.6 is 11.8 Å². The van der Waals surface area contributed by atoms with E-state index in [-0.39, 0.29) is 12.6 Å². The minimum atomic E-state index is -0.569. The van der Waals surface area contributed by atoms with Crippen molar-refractivity contribution in [2.24, 2.45) is 0 Å². The summed E-state index contributed by atoms with van der Waals surface area (Å²) in [7, 11) is 0. The summed E-state index contributed by atoms with van der Waals surface area (Å²) in [4.78, 5) is 12.4. The van der Waals surface area contributed by atoms with Gasteiger partial charge < -0.3 is 25.8 Å². The zero-order valence-electron chi connectivity index (χ0n) is 14.2. The van der Waals surface area contributed by atoms with Crippen LogP contribution in [0.2, 0.25) is 0 Å². The maximum Gasteiger partial charge on any atom is 0.319 e. The van der Waals surface area contributed by atoms with E-state index < -0.39 is 6.10 Å². The molecule has 0 saturated heterocycles. The number of benzene rings is 1. The van der Waals surface area contributed by atoms with Gasteiger partial charge in [0, 0.05) is 24.8 Å². The molecule has 0 fully saturated rings. The lowest BCUT2D eigenvalue weighted by Crippen LogP contribution is -2.35. The molecule has 23 heavy (non-hydrogen) atoms. The Morgan fingerprint density at radius 3 is 2.74 bits per heavy atom. The zero-order chi connectivity index (χ0) is 17.2. The van der Waals surface area contributed by atoms with E-state index in [1.165, 1.54) is 11.8 Å². The number of amides is 2. The highest BCUT2D eigenvalue weighted by molar-refractivity contribution is 7.98. The Kier molecular flexibility index (Phi) is 8.83. The molecule has 1 atom stereocenters. The first kappa shape index (κ1) is 19.6. The molecule has 6 nitrogen and oxygen atoms in total. The van der Waals surface area contributed by atoms with E-state index in [2.05, 4.69) is 16.0 Å². The largest absolute Gasteiger partial charge is 0.490 e. The van der Waals surface area contributed by atoms with Gasteiger partial charge in [-0.05, 0) is 31.4 Å². The summed E-state index contributed by atoms with van der Waals surface area (Å²) in [6.45, 7) is 7.20. The molecule has 0 saturated carbocycles. The van der Waals surface area contributed by atoms with Crippen molar-refractivity contribution >= 4 is 23.5 Å². The van der Waals surface area contributed by atoms with Crippen LogP contribution in [0, 0.1) is 0 Å². The third kappa shape index (κ3) is 7.58. The van der Waals surface area contributed by atoms with Gasteiger partial charge in [0.2, 0.25) is 0 Å². The summed E-state index contributed by atoms with van der Waals surface area (Å²) in [5.74, 6) is 0.697. The monoisotopic (exact) mass is 341 g/mol. The van der Waals surface area contributed by atoms with Crippen molar-refractivity contribution in [1.82, 2.24) is 10.6 Å². The van der Waals surface area contributed by atoms with Crippen LogP contribution in [-0.4, -0.2) is 49.2 Å². The van der Waals surface area contributed by atoms with Crippen molar-refractivity contribution < 1.29 is 14.6 Å². The van der Waals surface area contributed by atoms with Gasteiger partial charge in [-0.15, -0.1) is 11.8 Å². The molecule has 2 amide bonds. The second-order valence-electron chi connectivity index (χ2n) is 5.38. The Bertz CT molecular complexity index is 497. The highest BCUT2D eigenvalue weighted by atomic mass is 32.2. The number of ether oxygens (including phenoxy) is 1. The fraction of sp³-hybridized carbons (Fsp3) is 0.562. The topological polar surface area (TPSA) is 82.6 Å². The van der Waals surface area contributed by atoms with E-state index in [1.807, 2.05) is 33.1 Å². The minimum absolute atomic E-state index is 0.219. The van der Waals surface area contributed by atoms with Gasteiger partial charge in [0.05, 0.1) is 4.90 Å².